The van der Waals surface area contributed by atoms with E-state index in [1.165, 1.54) is 0 Å². The number of benzene rings is 1. The Morgan fingerprint density at radius 2 is 1.89 bits per heavy atom. The molecule has 2 aliphatic heterocycles. The topological polar surface area (TPSA) is 94.7 Å². The van der Waals surface area contributed by atoms with Gasteiger partial charge in [0.1, 0.15) is 5.56 Å². The summed E-state index contributed by atoms with van der Waals surface area (Å²) in [6, 6.07) is 3.83. The second kappa shape index (κ2) is 9.74. The Hall–Kier alpha value is -2.71. The van der Waals surface area contributed by atoms with E-state index >= 15 is 0 Å². The molecular weight excluding hydrogens is 476 g/mol. The highest BCUT2D eigenvalue weighted by atomic mass is 31.1. The normalized spacial score (nSPS) is 21.8. The molecule has 1 fully saturated rings. The van der Waals surface area contributed by atoms with Gasteiger partial charge in [0.2, 0.25) is 5.95 Å². The van der Waals surface area contributed by atoms with E-state index in [9.17, 15) is 18.0 Å². The number of fused-ring (bicyclic) bond motifs is 7. The molecule has 1 amide bonds. The average molecular weight is 504 g/mol. The van der Waals surface area contributed by atoms with Crippen molar-refractivity contribution in [1.29, 1.82) is 0 Å². The fraction of sp³-hybridized carbons (Fsp3) is 0.458. The number of nitrogens with one attached hydrogen (secondary N) is 4. The van der Waals surface area contributed by atoms with Crippen LogP contribution >= 0.6 is 8.58 Å². The highest BCUT2D eigenvalue weighted by molar-refractivity contribution is 7.47. The van der Waals surface area contributed by atoms with Crippen LogP contribution in [0.1, 0.15) is 48.0 Å². The van der Waals surface area contributed by atoms with Crippen molar-refractivity contribution in [2.24, 2.45) is 0 Å². The Bertz CT molecular complexity index is 1240. The van der Waals surface area contributed by atoms with Gasteiger partial charge in [-0.25, -0.2) is 9.97 Å². The summed E-state index contributed by atoms with van der Waals surface area (Å²) in [4.78, 5) is 24.4. The predicted molar refractivity (Wildman–Crippen MR) is 133 cm³/mol. The lowest BCUT2D eigenvalue weighted by atomic mass is 10.0. The van der Waals surface area contributed by atoms with Crippen molar-refractivity contribution in [3.05, 3.63) is 35.7 Å². The molecule has 1 aliphatic carbocycles. The third-order valence-corrected chi connectivity index (χ3v) is 7.81. The van der Waals surface area contributed by atoms with Crippen molar-refractivity contribution in [2.45, 2.75) is 50.4 Å². The smallest absolute Gasteiger partial charge is 0.360 e. The lowest BCUT2D eigenvalue weighted by Gasteiger charge is -2.17. The average Bonchev–Trinajstić information content (AvgIpc) is 3.46. The van der Waals surface area contributed by atoms with E-state index < -0.39 is 11.7 Å². The maximum Gasteiger partial charge on any atom is 0.419 e. The summed E-state index contributed by atoms with van der Waals surface area (Å²) < 4.78 is 41.8. The molecule has 8 bridgehead atoms. The van der Waals surface area contributed by atoms with Crippen LogP contribution in [0.5, 0.6) is 0 Å². The van der Waals surface area contributed by atoms with Gasteiger partial charge < -0.3 is 20.9 Å². The quantitative estimate of drug-likeness (QED) is 0.376. The van der Waals surface area contributed by atoms with Crippen LogP contribution in [-0.4, -0.2) is 52.7 Å². The molecule has 0 spiro atoms. The molecule has 1 unspecified atom stereocenters. The number of H-pyrrole nitrogens is 1. The summed E-state index contributed by atoms with van der Waals surface area (Å²) >= 11 is 0. The van der Waals surface area contributed by atoms with Gasteiger partial charge in [-0.15, -0.1) is 0 Å². The van der Waals surface area contributed by atoms with Gasteiger partial charge in [0.15, 0.2) is 0 Å². The number of rotatable bonds is 1. The molecule has 186 valence electrons. The Morgan fingerprint density at radius 3 is 2.69 bits per heavy atom. The highest BCUT2D eigenvalue weighted by Gasteiger charge is 2.36. The van der Waals surface area contributed by atoms with Crippen molar-refractivity contribution >= 4 is 36.6 Å². The largest absolute Gasteiger partial charge is 0.419 e. The van der Waals surface area contributed by atoms with Crippen LogP contribution in [0.3, 0.4) is 0 Å². The summed E-state index contributed by atoms with van der Waals surface area (Å²) in [5.74, 6) is 0.0286. The zero-order valence-corrected chi connectivity index (χ0v) is 20.4. The second-order valence-corrected chi connectivity index (χ2v) is 10.1. The molecule has 0 saturated heterocycles. The highest BCUT2D eigenvalue weighted by Crippen LogP contribution is 2.39. The van der Waals surface area contributed by atoms with Gasteiger partial charge >= 0.3 is 6.18 Å². The number of amides is 1. The number of hydrogen-bond donors (Lipinski definition) is 4. The van der Waals surface area contributed by atoms with Crippen LogP contribution in [0, 0.1) is 0 Å². The number of carbonyl (C=O) groups is 1. The van der Waals surface area contributed by atoms with Gasteiger partial charge in [0, 0.05) is 52.8 Å². The van der Waals surface area contributed by atoms with Gasteiger partial charge in [-0.05, 0) is 51.4 Å². The lowest BCUT2D eigenvalue weighted by molar-refractivity contribution is -0.137. The minimum atomic E-state index is -4.61. The number of aromatic nitrogens is 3. The number of alkyl halides is 3. The van der Waals surface area contributed by atoms with Gasteiger partial charge in [-0.1, -0.05) is 14.6 Å². The van der Waals surface area contributed by atoms with E-state index in [4.69, 9.17) is 0 Å². The van der Waals surface area contributed by atoms with E-state index in [0.717, 1.165) is 50.2 Å². The summed E-state index contributed by atoms with van der Waals surface area (Å²) in [6.45, 7) is 3.38. The number of hydrogen-bond acceptors (Lipinski definition) is 5. The number of aromatic amines is 1. The molecule has 1 saturated carbocycles. The van der Waals surface area contributed by atoms with E-state index in [1.807, 2.05) is 6.66 Å². The van der Waals surface area contributed by atoms with Crippen LogP contribution in [-0.2, 0) is 6.18 Å². The molecule has 3 atom stereocenters. The molecule has 11 heteroatoms. The Kier molecular flexibility index (Phi) is 6.68. The third kappa shape index (κ3) is 4.86. The molecule has 2 aromatic heterocycles. The van der Waals surface area contributed by atoms with Gasteiger partial charge in [-0.3, -0.25) is 4.79 Å². The van der Waals surface area contributed by atoms with E-state index in [0.29, 0.717) is 34.6 Å². The van der Waals surface area contributed by atoms with Crippen LogP contribution in [0.4, 0.5) is 19.1 Å². The summed E-state index contributed by atoms with van der Waals surface area (Å²) in [5.41, 5.74) is 0.488. The first-order chi connectivity index (χ1) is 16.8. The molecule has 6 rings (SSSR count). The molecule has 7 nitrogen and oxygen atoms in total. The Morgan fingerprint density at radius 1 is 1.09 bits per heavy atom. The first kappa shape index (κ1) is 24.0. The van der Waals surface area contributed by atoms with Crippen molar-refractivity contribution in [3.8, 4) is 11.3 Å². The van der Waals surface area contributed by atoms with Gasteiger partial charge in [0.25, 0.3) is 5.91 Å². The lowest BCUT2D eigenvalue weighted by Crippen LogP contribution is -2.31. The summed E-state index contributed by atoms with van der Waals surface area (Å²) in [5, 5.41) is 11.2. The maximum absolute atomic E-state index is 13.9. The summed E-state index contributed by atoms with van der Waals surface area (Å²) in [6.07, 6.45) is 2.34. The molecular formula is C24H28F3N6OP. The fourth-order valence-corrected chi connectivity index (χ4v) is 5.97. The van der Waals surface area contributed by atoms with Crippen LogP contribution < -0.4 is 21.3 Å². The SMILES string of the molecule is CPc1c2ccc3c(c[nH]c13)-c1nc(ncc1C(F)(F)F)N[C@H]1CC[C@@H](C1)NCCCCNC2=O. The van der Waals surface area contributed by atoms with Gasteiger partial charge in [0.05, 0.1) is 11.2 Å². The van der Waals surface area contributed by atoms with Crippen molar-refractivity contribution in [3.63, 3.8) is 0 Å². The van der Waals surface area contributed by atoms with Crippen LogP contribution in [0.2, 0.25) is 0 Å². The second-order valence-electron chi connectivity index (χ2n) is 9.09. The molecule has 1 aromatic carbocycles. The van der Waals surface area contributed by atoms with E-state index in [2.05, 4.69) is 30.9 Å². The number of halogens is 3. The minimum absolute atomic E-state index is 0.0943. The Balaban J connectivity index is 1.63. The maximum atomic E-state index is 13.9. The number of anilines is 1. The minimum Gasteiger partial charge on any atom is -0.360 e. The molecule has 35 heavy (non-hydrogen) atoms. The monoisotopic (exact) mass is 504 g/mol. The zero-order valence-electron chi connectivity index (χ0n) is 19.4. The fourth-order valence-electron chi connectivity index (χ4n) is 5.04. The van der Waals surface area contributed by atoms with Crippen LogP contribution in [0.15, 0.2) is 24.5 Å². The predicted octanol–water partition coefficient (Wildman–Crippen LogP) is 4.02. The van der Waals surface area contributed by atoms with Crippen molar-refractivity contribution < 1.29 is 18.0 Å². The zero-order chi connectivity index (χ0) is 24.6. The molecule has 4 N–H and O–H groups in total. The number of carbonyl (C=O) groups excluding carboxylic acids is 1. The molecule has 0 radical (unpaired) electrons. The molecule has 4 heterocycles. The molecule has 3 aliphatic rings. The van der Waals surface area contributed by atoms with Crippen LogP contribution in [0.25, 0.3) is 22.2 Å². The van der Waals surface area contributed by atoms with Crippen molar-refractivity contribution in [1.82, 2.24) is 25.6 Å². The Labute approximate surface area is 202 Å². The summed E-state index contributed by atoms with van der Waals surface area (Å²) in [7, 11) is 0.276. The number of nitrogens with zero attached hydrogens (tertiary/aromatic N) is 2. The first-order valence-electron chi connectivity index (χ1n) is 11.9. The first-order valence-corrected chi connectivity index (χ1v) is 13.4. The van der Waals surface area contributed by atoms with Gasteiger partial charge in [-0.2, -0.15) is 13.2 Å². The van der Waals surface area contributed by atoms with E-state index in [-0.39, 0.29) is 32.2 Å². The van der Waals surface area contributed by atoms with E-state index in [1.54, 1.807) is 18.3 Å². The molecule has 3 aromatic rings. The third-order valence-electron chi connectivity index (χ3n) is 6.79. The standard InChI is InChI=1S/C24H28F3N6OP/c1-35-21-16-7-6-15-17(11-30-20(15)21)19-18(24(25,26)27)12-31-23(33-19)32-14-5-4-13(10-14)28-8-2-3-9-29-22(16)34/h6-7,11-14,28,30,35H,2-5,8-10H2,1H3,(H,29,34)(H,31,32,33)/t13-,14-/m0/s1. The van der Waals surface area contributed by atoms with Crippen molar-refractivity contribution in [2.75, 3.05) is 25.1 Å².